The van der Waals surface area contributed by atoms with Crippen LogP contribution in [0.15, 0.2) is 0 Å². The highest BCUT2D eigenvalue weighted by Crippen LogP contribution is 2.28. The van der Waals surface area contributed by atoms with Gasteiger partial charge < -0.3 is 10.2 Å². The van der Waals surface area contributed by atoms with Gasteiger partial charge in [0.25, 0.3) is 5.91 Å². The number of carbonyl (C=O) groups is 1. The maximum atomic E-state index is 12.4. The van der Waals surface area contributed by atoms with Gasteiger partial charge in [-0.1, -0.05) is 31.1 Å². The summed E-state index contributed by atoms with van der Waals surface area (Å²) in [4.78, 5) is 14.2. The number of hydrogen-bond acceptors (Lipinski definition) is 5. The van der Waals surface area contributed by atoms with Crippen LogP contribution in [0.5, 0.6) is 0 Å². The van der Waals surface area contributed by atoms with Crippen molar-refractivity contribution in [2.45, 2.75) is 45.6 Å². The van der Waals surface area contributed by atoms with E-state index in [2.05, 4.69) is 22.4 Å². The number of carbonyl (C=O) groups excluding carboxylic acids is 1. The average molecular weight is 282 g/mol. The van der Waals surface area contributed by atoms with Gasteiger partial charge in [0.1, 0.15) is 0 Å². The third kappa shape index (κ3) is 3.43. The number of rotatable bonds is 4. The molecule has 1 aliphatic carbocycles. The normalized spacial score (nSPS) is 23.1. The summed E-state index contributed by atoms with van der Waals surface area (Å²) in [6.45, 7) is 5.05. The van der Waals surface area contributed by atoms with Gasteiger partial charge >= 0.3 is 0 Å². The molecule has 0 bridgehead atoms. The van der Waals surface area contributed by atoms with E-state index in [9.17, 15) is 4.79 Å². The number of nitrogens with one attached hydrogen (secondary N) is 1. The SMILES string of the molecule is CCNc1nnc(C(=O)N(C)C2CCCC(C)C2)s1. The van der Waals surface area contributed by atoms with Gasteiger partial charge in [0.05, 0.1) is 0 Å². The van der Waals surface area contributed by atoms with E-state index < -0.39 is 0 Å². The van der Waals surface area contributed by atoms with Crippen molar-refractivity contribution in [3.05, 3.63) is 5.01 Å². The van der Waals surface area contributed by atoms with E-state index in [0.29, 0.717) is 17.0 Å². The van der Waals surface area contributed by atoms with E-state index in [1.165, 1.54) is 24.2 Å². The molecule has 0 radical (unpaired) electrons. The summed E-state index contributed by atoms with van der Waals surface area (Å²) >= 11 is 1.33. The molecule has 1 aliphatic rings. The molecular weight excluding hydrogens is 260 g/mol. The number of hydrogen-bond donors (Lipinski definition) is 1. The molecule has 0 saturated heterocycles. The Hall–Kier alpha value is -1.17. The molecule has 106 valence electrons. The van der Waals surface area contributed by atoms with Crippen LogP contribution in [-0.4, -0.2) is 40.6 Å². The lowest BCUT2D eigenvalue weighted by Crippen LogP contribution is -2.39. The van der Waals surface area contributed by atoms with Gasteiger partial charge in [-0.25, -0.2) is 0 Å². The summed E-state index contributed by atoms with van der Waals surface area (Å²) in [6.07, 6.45) is 4.69. The van der Waals surface area contributed by atoms with Gasteiger partial charge in [0, 0.05) is 19.6 Å². The van der Waals surface area contributed by atoms with Crippen LogP contribution in [0.2, 0.25) is 0 Å². The monoisotopic (exact) mass is 282 g/mol. The van der Waals surface area contributed by atoms with E-state index in [-0.39, 0.29) is 5.91 Å². The highest BCUT2D eigenvalue weighted by molar-refractivity contribution is 7.17. The maximum Gasteiger partial charge on any atom is 0.284 e. The Balaban J connectivity index is 2.01. The Morgan fingerprint density at radius 1 is 1.47 bits per heavy atom. The van der Waals surface area contributed by atoms with Gasteiger partial charge in [0.15, 0.2) is 0 Å². The standard InChI is InChI=1S/C13H22N4OS/c1-4-14-13-16-15-11(19-13)12(18)17(3)10-7-5-6-9(2)8-10/h9-10H,4-8H2,1-3H3,(H,14,16). The molecule has 1 saturated carbocycles. The van der Waals surface area contributed by atoms with Crippen molar-refractivity contribution in [2.75, 3.05) is 18.9 Å². The van der Waals surface area contributed by atoms with Gasteiger partial charge in [0.2, 0.25) is 10.1 Å². The van der Waals surface area contributed by atoms with Crippen molar-refractivity contribution < 1.29 is 4.79 Å². The lowest BCUT2D eigenvalue weighted by atomic mass is 9.86. The summed E-state index contributed by atoms with van der Waals surface area (Å²) in [5.41, 5.74) is 0. The molecule has 1 aromatic heterocycles. The first-order valence-electron chi connectivity index (χ1n) is 6.96. The first-order chi connectivity index (χ1) is 9.11. The smallest absolute Gasteiger partial charge is 0.284 e. The van der Waals surface area contributed by atoms with Crippen LogP contribution in [0.1, 0.15) is 49.3 Å². The summed E-state index contributed by atoms with van der Waals surface area (Å²) in [5, 5.41) is 12.2. The fourth-order valence-corrected chi connectivity index (χ4v) is 3.40. The van der Waals surface area contributed by atoms with Crippen LogP contribution in [0.4, 0.5) is 5.13 Å². The van der Waals surface area contributed by atoms with E-state index >= 15 is 0 Å². The minimum Gasteiger partial charge on any atom is -0.360 e. The molecule has 0 aromatic carbocycles. The van der Waals surface area contributed by atoms with Gasteiger partial charge in [-0.2, -0.15) is 0 Å². The third-order valence-corrected chi connectivity index (χ3v) is 4.58. The average Bonchev–Trinajstić information content (AvgIpc) is 2.86. The first-order valence-corrected chi connectivity index (χ1v) is 7.78. The molecule has 6 heteroatoms. The van der Waals surface area contributed by atoms with E-state index in [4.69, 9.17) is 0 Å². The van der Waals surface area contributed by atoms with E-state index in [1.54, 1.807) is 0 Å². The molecule has 2 rings (SSSR count). The van der Waals surface area contributed by atoms with Crippen molar-refractivity contribution in [1.82, 2.24) is 15.1 Å². The van der Waals surface area contributed by atoms with Crippen molar-refractivity contribution in [2.24, 2.45) is 5.92 Å². The molecule has 19 heavy (non-hydrogen) atoms. The Bertz CT molecular complexity index is 434. The first kappa shape index (κ1) is 14.2. The molecule has 0 aliphatic heterocycles. The van der Waals surface area contributed by atoms with Crippen LogP contribution in [0.25, 0.3) is 0 Å². The highest BCUT2D eigenvalue weighted by Gasteiger charge is 2.27. The Labute approximate surface area is 118 Å². The van der Waals surface area contributed by atoms with Gasteiger partial charge in [-0.3, -0.25) is 4.79 Å². The van der Waals surface area contributed by atoms with Crippen LogP contribution in [0.3, 0.4) is 0 Å². The number of aromatic nitrogens is 2. The zero-order valence-electron chi connectivity index (χ0n) is 11.8. The minimum absolute atomic E-state index is 0.000697. The topological polar surface area (TPSA) is 58.1 Å². The van der Waals surface area contributed by atoms with Gasteiger partial charge in [-0.15, -0.1) is 10.2 Å². The predicted octanol–water partition coefficient (Wildman–Crippen LogP) is 2.62. The minimum atomic E-state index is 0.000697. The third-order valence-electron chi connectivity index (χ3n) is 3.71. The van der Waals surface area contributed by atoms with E-state index in [1.807, 2.05) is 18.9 Å². The molecule has 1 N–H and O–H groups in total. The molecule has 1 aromatic rings. The van der Waals surface area contributed by atoms with Crippen LogP contribution >= 0.6 is 11.3 Å². The second-order valence-electron chi connectivity index (χ2n) is 5.28. The number of anilines is 1. The summed E-state index contributed by atoms with van der Waals surface area (Å²) in [5.74, 6) is 0.710. The number of nitrogens with zero attached hydrogens (tertiary/aromatic N) is 3. The second kappa shape index (κ2) is 6.32. The predicted molar refractivity (Wildman–Crippen MR) is 77.6 cm³/mol. The molecule has 1 heterocycles. The molecule has 1 amide bonds. The zero-order chi connectivity index (χ0) is 13.8. The van der Waals surface area contributed by atoms with Crippen LogP contribution in [0, 0.1) is 5.92 Å². The van der Waals surface area contributed by atoms with Crippen LogP contribution in [-0.2, 0) is 0 Å². The largest absolute Gasteiger partial charge is 0.360 e. The summed E-state index contributed by atoms with van der Waals surface area (Å²) in [7, 11) is 1.89. The molecule has 2 atom stereocenters. The lowest BCUT2D eigenvalue weighted by Gasteiger charge is -2.33. The fourth-order valence-electron chi connectivity index (χ4n) is 2.60. The molecule has 5 nitrogen and oxygen atoms in total. The lowest BCUT2D eigenvalue weighted by molar-refractivity contribution is 0.0671. The molecule has 2 unspecified atom stereocenters. The fraction of sp³-hybridized carbons (Fsp3) is 0.769. The number of amides is 1. The maximum absolute atomic E-state index is 12.4. The van der Waals surface area contributed by atoms with Crippen LogP contribution < -0.4 is 5.32 Å². The highest BCUT2D eigenvalue weighted by atomic mass is 32.1. The summed E-state index contributed by atoms with van der Waals surface area (Å²) in [6, 6.07) is 0.350. The van der Waals surface area contributed by atoms with Crippen molar-refractivity contribution in [3.8, 4) is 0 Å². The van der Waals surface area contributed by atoms with Crippen molar-refractivity contribution in [3.63, 3.8) is 0 Å². The van der Waals surface area contributed by atoms with Crippen molar-refractivity contribution in [1.29, 1.82) is 0 Å². The Morgan fingerprint density at radius 3 is 2.95 bits per heavy atom. The summed E-state index contributed by atoms with van der Waals surface area (Å²) < 4.78 is 0. The zero-order valence-corrected chi connectivity index (χ0v) is 12.7. The Kier molecular flexibility index (Phi) is 4.74. The molecule has 0 spiro atoms. The second-order valence-corrected chi connectivity index (χ2v) is 6.26. The van der Waals surface area contributed by atoms with Crippen molar-refractivity contribution >= 4 is 22.4 Å². The Morgan fingerprint density at radius 2 is 2.26 bits per heavy atom. The molecule has 1 fully saturated rings. The quantitative estimate of drug-likeness (QED) is 0.922. The molecular formula is C13H22N4OS. The van der Waals surface area contributed by atoms with E-state index in [0.717, 1.165) is 24.5 Å². The van der Waals surface area contributed by atoms with Gasteiger partial charge in [-0.05, 0) is 25.7 Å².